The molecule has 3 heteroatoms. The maximum absolute atomic E-state index is 4.59. The van der Waals surface area contributed by atoms with Gasteiger partial charge in [-0.3, -0.25) is 4.98 Å². The van der Waals surface area contributed by atoms with Gasteiger partial charge < -0.3 is 8.97 Å². The van der Waals surface area contributed by atoms with Gasteiger partial charge in [-0.2, -0.15) is 0 Å². The Morgan fingerprint density at radius 1 is 0.857 bits per heavy atom. The van der Waals surface area contributed by atoms with Gasteiger partial charge >= 0.3 is 0 Å². The van der Waals surface area contributed by atoms with Crippen molar-refractivity contribution in [3.05, 3.63) is 61.1 Å². The Morgan fingerprint density at radius 2 is 1.81 bits per heavy atom. The summed E-state index contributed by atoms with van der Waals surface area (Å²) in [5, 5.41) is 3.73. The van der Waals surface area contributed by atoms with Gasteiger partial charge in [0, 0.05) is 47.3 Å². The highest BCUT2D eigenvalue weighted by molar-refractivity contribution is 6.14. The van der Waals surface area contributed by atoms with E-state index < -0.39 is 0 Å². The van der Waals surface area contributed by atoms with Crippen LogP contribution in [-0.4, -0.2) is 14.0 Å². The molecule has 0 aliphatic rings. The first kappa shape index (κ1) is 10.9. The van der Waals surface area contributed by atoms with Gasteiger partial charge in [-0.05, 0) is 36.4 Å². The third kappa shape index (κ3) is 1.30. The Kier molecular flexibility index (Phi) is 1.89. The molecule has 0 amide bonds. The van der Waals surface area contributed by atoms with Crippen LogP contribution in [0.5, 0.6) is 0 Å². The summed E-state index contributed by atoms with van der Waals surface area (Å²) in [4.78, 5) is 4.59. The van der Waals surface area contributed by atoms with E-state index in [9.17, 15) is 0 Å². The van der Waals surface area contributed by atoms with Crippen LogP contribution < -0.4 is 0 Å². The van der Waals surface area contributed by atoms with Crippen LogP contribution in [0, 0.1) is 0 Å². The van der Waals surface area contributed by atoms with Gasteiger partial charge in [0.1, 0.15) is 0 Å². The fourth-order valence-electron chi connectivity index (χ4n) is 3.33. The number of hydrogen-bond donors (Lipinski definition) is 0. The highest BCUT2D eigenvalue weighted by Crippen LogP contribution is 2.31. The van der Waals surface area contributed by atoms with Gasteiger partial charge in [-0.1, -0.05) is 6.07 Å². The number of aromatic nitrogens is 3. The number of rotatable bonds is 0. The fourth-order valence-corrected chi connectivity index (χ4v) is 3.33. The largest absolute Gasteiger partial charge is 0.350 e. The molecule has 0 saturated carbocycles. The van der Waals surface area contributed by atoms with E-state index in [2.05, 4.69) is 69.8 Å². The fraction of sp³-hybridized carbons (Fsp3) is 0.0556. The molecule has 0 atom stereocenters. The zero-order chi connectivity index (χ0) is 14.0. The van der Waals surface area contributed by atoms with Crippen LogP contribution in [0.2, 0.25) is 0 Å². The quantitative estimate of drug-likeness (QED) is 0.388. The van der Waals surface area contributed by atoms with Crippen LogP contribution in [0.15, 0.2) is 61.1 Å². The Bertz CT molecular complexity index is 1140. The first-order valence-corrected chi connectivity index (χ1v) is 7.05. The lowest BCUT2D eigenvalue weighted by Gasteiger charge is -2.09. The lowest BCUT2D eigenvalue weighted by Crippen LogP contribution is -1.92. The molecule has 5 aromatic rings. The maximum atomic E-state index is 4.59. The molecule has 0 aliphatic carbocycles. The minimum Gasteiger partial charge on any atom is -0.350 e. The van der Waals surface area contributed by atoms with Gasteiger partial charge in [0.15, 0.2) is 0 Å². The van der Waals surface area contributed by atoms with Crippen molar-refractivity contribution in [3.8, 4) is 0 Å². The average Bonchev–Trinajstić information content (AvgIpc) is 3.14. The van der Waals surface area contributed by atoms with Crippen LogP contribution in [0.1, 0.15) is 0 Å². The van der Waals surface area contributed by atoms with Crippen molar-refractivity contribution in [1.29, 1.82) is 0 Å². The van der Waals surface area contributed by atoms with E-state index in [1.54, 1.807) is 0 Å². The number of benzene rings is 1. The molecule has 0 saturated heterocycles. The van der Waals surface area contributed by atoms with Gasteiger partial charge in [-0.15, -0.1) is 0 Å². The minimum atomic E-state index is 1.06. The number of fused-ring (bicyclic) bond motifs is 7. The van der Waals surface area contributed by atoms with Crippen LogP contribution in [0.25, 0.3) is 38.2 Å². The second-order valence-corrected chi connectivity index (χ2v) is 5.52. The van der Waals surface area contributed by atoms with Crippen molar-refractivity contribution in [3.63, 3.8) is 0 Å². The summed E-state index contributed by atoms with van der Waals surface area (Å²) < 4.78 is 4.40. The van der Waals surface area contributed by atoms with Crippen LogP contribution >= 0.6 is 0 Å². The molecular formula is C18H13N3. The van der Waals surface area contributed by atoms with Crippen molar-refractivity contribution < 1.29 is 0 Å². The zero-order valence-electron chi connectivity index (χ0n) is 11.6. The molecule has 0 bridgehead atoms. The molecule has 21 heavy (non-hydrogen) atoms. The molecular weight excluding hydrogens is 258 g/mol. The summed E-state index contributed by atoms with van der Waals surface area (Å²) in [6, 6.07) is 15.1. The van der Waals surface area contributed by atoms with E-state index in [1.807, 2.05) is 12.3 Å². The lowest BCUT2D eigenvalue weighted by molar-refractivity contribution is 0.969. The second kappa shape index (κ2) is 3.64. The molecule has 1 aromatic carbocycles. The van der Waals surface area contributed by atoms with Crippen molar-refractivity contribution in [2.45, 2.75) is 0 Å². The van der Waals surface area contributed by atoms with E-state index in [4.69, 9.17) is 0 Å². The summed E-state index contributed by atoms with van der Waals surface area (Å²) in [6.07, 6.45) is 6.08. The molecule has 5 rings (SSSR count). The highest BCUT2D eigenvalue weighted by Gasteiger charge is 2.10. The summed E-state index contributed by atoms with van der Waals surface area (Å²) in [7, 11) is 2.09. The third-order valence-electron chi connectivity index (χ3n) is 4.35. The molecule has 0 N–H and O–H groups in total. The van der Waals surface area contributed by atoms with E-state index in [0.717, 1.165) is 11.0 Å². The highest BCUT2D eigenvalue weighted by atomic mass is 14.9. The molecule has 0 radical (unpaired) electrons. The molecule has 0 aliphatic heterocycles. The predicted octanol–water partition coefficient (Wildman–Crippen LogP) is 4.13. The number of pyridine rings is 2. The Balaban J connectivity index is 2.19. The number of hydrogen-bond acceptors (Lipinski definition) is 1. The normalized spacial score (nSPS) is 12.0. The Labute approximate surface area is 121 Å². The van der Waals surface area contributed by atoms with Gasteiger partial charge in [0.2, 0.25) is 0 Å². The minimum absolute atomic E-state index is 1.06. The molecule has 0 unspecified atom stereocenters. The smallest absolute Gasteiger partial charge is 0.0948 e. The van der Waals surface area contributed by atoms with Gasteiger partial charge in [0.05, 0.1) is 16.6 Å². The van der Waals surface area contributed by atoms with Crippen LogP contribution in [0.4, 0.5) is 0 Å². The van der Waals surface area contributed by atoms with Crippen molar-refractivity contribution in [2.75, 3.05) is 0 Å². The standard InChI is InChI=1S/C18H13N3/c1-20-9-6-12-10-14-13-4-2-7-19-18(13)15-5-3-8-21(15)17(14)11-16(12)20/h2-11H,1H3. The van der Waals surface area contributed by atoms with E-state index in [0.29, 0.717) is 0 Å². The lowest BCUT2D eigenvalue weighted by atomic mass is 10.1. The molecule has 0 spiro atoms. The molecule has 0 fully saturated rings. The first-order chi connectivity index (χ1) is 10.3. The van der Waals surface area contributed by atoms with Crippen molar-refractivity contribution in [1.82, 2.24) is 14.0 Å². The summed E-state index contributed by atoms with van der Waals surface area (Å²) >= 11 is 0. The topological polar surface area (TPSA) is 22.2 Å². The zero-order valence-corrected chi connectivity index (χ0v) is 11.6. The summed E-state index contributed by atoms with van der Waals surface area (Å²) in [5.74, 6) is 0. The number of aryl methyl sites for hydroxylation is 1. The summed E-state index contributed by atoms with van der Waals surface area (Å²) in [5.41, 5.74) is 4.70. The van der Waals surface area contributed by atoms with Crippen molar-refractivity contribution in [2.24, 2.45) is 7.05 Å². The predicted molar refractivity (Wildman–Crippen MR) is 86.7 cm³/mol. The second-order valence-electron chi connectivity index (χ2n) is 5.52. The molecule has 100 valence electrons. The maximum Gasteiger partial charge on any atom is 0.0948 e. The SMILES string of the molecule is Cn1ccc2cc3c4cccnc4c4cccn4c3cc21. The molecule has 4 aromatic heterocycles. The van der Waals surface area contributed by atoms with Gasteiger partial charge in [0.25, 0.3) is 0 Å². The molecule has 4 heterocycles. The first-order valence-electron chi connectivity index (χ1n) is 7.05. The Morgan fingerprint density at radius 3 is 2.76 bits per heavy atom. The van der Waals surface area contributed by atoms with Crippen molar-refractivity contribution >= 4 is 38.2 Å². The van der Waals surface area contributed by atoms with E-state index in [-0.39, 0.29) is 0 Å². The monoisotopic (exact) mass is 271 g/mol. The molecule has 3 nitrogen and oxygen atoms in total. The van der Waals surface area contributed by atoms with E-state index in [1.165, 1.54) is 27.2 Å². The van der Waals surface area contributed by atoms with Gasteiger partial charge in [-0.25, -0.2) is 0 Å². The third-order valence-corrected chi connectivity index (χ3v) is 4.35. The Hall–Kier alpha value is -2.81. The van der Waals surface area contributed by atoms with Crippen LogP contribution in [-0.2, 0) is 7.05 Å². The van der Waals surface area contributed by atoms with E-state index >= 15 is 0 Å². The number of nitrogens with zero attached hydrogens (tertiary/aromatic N) is 3. The van der Waals surface area contributed by atoms with Crippen LogP contribution in [0.3, 0.4) is 0 Å². The summed E-state index contributed by atoms with van der Waals surface area (Å²) in [6.45, 7) is 0. The average molecular weight is 271 g/mol.